The summed E-state index contributed by atoms with van der Waals surface area (Å²) in [5, 5.41) is 40.3. The second kappa shape index (κ2) is 18.1. The standard InChI is InChI=1S/C48H54ClN11O4S/c1-27(2)36-22-37(40(62)24-39(36)61)45-53-55-47(44(50)64)60(45)35-12-6-31(7-13-35)25-56-18-20-57(21-19-56)26-32-14-16-58(17-15-32)41(63)23-38-46-54-52-30(5)59(46)48-42(28(3)29(4)65-48)43(51-38)33-8-10-34(49)11-9-33/h6-13,22,24,27,32,38,61-62H,14-21,23,25-26H2,1-5H3,(H2,50,64)/t38-/m0/s1. The molecule has 0 aliphatic carbocycles. The molecule has 15 nitrogen and oxygen atoms in total. The van der Waals surface area contributed by atoms with Crippen LogP contribution in [0.3, 0.4) is 0 Å². The number of phenols is 2. The predicted molar refractivity (Wildman–Crippen MR) is 252 cm³/mol. The number of piperazine rings is 1. The quantitative estimate of drug-likeness (QED) is 0.121. The molecule has 17 heteroatoms. The van der Waals surface area contributed by atoms with Gasteiger partial charge >= 0.3 is 0 Å². The third kappa shape index (κ3) is 8.79. The van der Waals surface area contributed by atoms with Gasteiger partial charge in [0.15, 0.2) is 11.6 Å². The van der Waals surface area contributed by atoms with E-state index in [9.17, 15) is 19.8 Å². The number of carbonyl (C=O) groups is 2. The van der Waals surface area contributed by atoms with Gasteiger partial charge in [-0.05, 0) is 92.5 Å². The van der Waals surface area contributed by atoms with E-state index in [0.717, 1.165) is 104 Å². The zero-order valence-electron chi connectivity index (χ0n) is 37.3. The Hall–Kier alpha value is -5.94. The number of piperidine rings is 1. The van der Waals surface area contributed by atoms with E-state index < -0.39 is 11.9 Å². The average molecular weight is 917 g/mol. The molecule has 65 heavy (non-hydrogen) atoms. The maximum atomic E-state index is 14.1. The van der Waals surface area contributed by atoms with Crippen molar-refractivity contribution in [1.29, 1.82) is 0 Å². The first-order valence-corrected chi connectivity index (χ1v) is 23.4. The van der Waals surface area contributed by atoms with Crippen molar-refractivity contribution in [3.63, 3.8) is 0 Å². The van der Waals surface area contributed by atoms with Gasteiger partial charge in [0.1, 0.15) is 28.4 Å². The lowest BCUT2D eigenvalue weighted by atomic mass is 9.95. The first-order valence-electron chi connectivity index (χ1n) is 22.2. The number of rotatable bonds is 11. The maximum Gasteiger partial charge on any atom is 0.287 e. The number of nitrogens with two attached hydrogens (primary N) is 1. The van der Waals surface area contributed by atoms with Gasteiger partial charge in [-0.2, -0.15) is 0 Å². The highest BCUT2D eigenvalue weighted by molar-refractivity contribution is 7.15. The van der Waals surface area contributed by atoms with Crippen molar-refractivity contribution in [3.05, 3.63) is 116 Å². The third-order valence-electron chi connectivity index (χ3n) is 13.2. The number of aliphatic imine (C=N–C) groups is 1. The maximum absolute atomic E-state index is 14.1. The van der Waals surface area contributed by atoms with Crippen LogP contribution in [0.2, 0.25) is 5.02 Å². The van der Waals surface area contributed by atoms with Crippen LogP contribution in [-0.2, 0) is 11.3 Å². The van der Waals surface area contributed by atoms with Gasteiger partial charge in [-0.3, -0.25) is 28.6 Å². The van der Waals surface area contributed by atoms with Crippen LogP contribution in [0.5, 0.6) is 11.5 Å². The lowest BCUT2D eigenvalue weighted by molar-refractivity contribution is -0.133. The zero-order valence-corrected chi connectivity index (χ0v) is 38.9. The molecule has 2 amide bonds. The molecular formula is C48H54ClN11O4S. The fraction of sp³-hybridized carbons (Fsp3) is 0.396. The molecule has 338 valence electrons. The van der Waals surface area contributed by atoms with Gasteiger partial charge in [0.05, 0.1) is 17.7 Å². The van der Waals surface area contributed by atoms with Gasteiger partial charge in [0.2, 0.25) is 11.7 Å². The number of benzene rings is 3. The minimum Gasteiger partial charge on any atom is -0.508 e. The number of primary amides is 1. The van der Waals surface area contributed by atoms with Crippen LogP contribution in [0.15, 0.2) is 65.7 Å². The molecule has 3 aromatic carbocycles. The van der Waals surface area contributed by atoms with E-state index in [1.165, 1.54) is 10.9 Å². The van der Waals surface area contributed by atoms with E-state index in [0.29, 0.717) is 33.6 Å². The molecule has 2 saturated heterocycles. The fourth-order valence-corrected chi connectivity index (χ4v) is 10.7. The number of thiophene rings is 1. The van der Waals surface area contributed by atoms with E-state index in [2.05, 4.69) is 48.6 Å². The summed E-state index contributed by atoms with van der Waals surface area (Å²) in [5.74, 6) is 1.31. The van der Waals surface area contributed by atoms with Crippen molar-refractivity contribution < 1.29 is 19.8 Å². The molecule has 0 saturated carbocycles. The molecule has 3 aliphatic rings. The minimum absolute atomic E-state index is 0.0181. The Kier molecular flexibility index (Phi) is 12.4. The Morgan fingerprint density at radius 2 is 1.54 bits per heavy atom. The number of hydrogen-bond acceptors (Lipinski definition) is 12. The summed E-state index contributed by atoms with van der Waals surface area (Å²) in [6, 6.07) is 18.1. The van der Waals surface area contributed by atoms with Crippen LogP contribution in [0.1, 0.15) is 100 Å². The number of likely N-dealkylation sites (tertiary alicyclic amines) is 1. The molecule has 6 aromatic rings. The number of halogens is 1. The Balaban J connectivity index is 0.798. The number of hydrogen-bond donors (Lipinski definition) is 3. The van der Waals surface area contributed by atoms with E-state index in [1.54, 1.807) is 22.0 Å². The Bertz CT molecular complexity index is 2780. The molecule has 0 unspecified atom stereocenters. The number of amides is 2. The summed E-state index contributed by atoms with van der Waals surface area (Å²) in [7, 11) is 0. The number of nitrogens with zero attached hydrogens (tertiary/aromatic N) is 10. The lowest BCUT2D eigenvalue weighted by Crippen LogP contribution is -2.48. The van der Waals surface area contributed by atoms with Crippen LogP contribution in [0.25, 0.3) is 22.1 Å². The molecule has 4 N–H and O–H groups in total. The molecule has 0 bridgehead atoms. The van der Waals surface area contributed by atoms with Crippen molar-refractivity contribution >= 4 is 40.5 Å². The van der Waals surface area contributed by atoms with Crippen LogP contribution in [-0.4, -0.2) is 118 Å². The van der Waals surface area contributed by atoms with Gasteiger partial charge in [0, 0.05) is 85.1 Å². The highest BCUT2D eigenvalue weighted by Gasteiger charge is 2.35. The highest BCUT2D eigenvalue weighted by Crippen LogP contribution is 2.41. The van der Waals surface area contributed by atoms with Gasteiger partial charge < -0.3 is 25.7 Å². The molecule has 2 fully saturated rings. The minimum atomic E-state index is -0.748. The lowest BCUT2D eigenvalue weighted by Gasteiger charge is -2.39. The second-order valence-electron chi connectivity index (χ2n) is 17.8. The van der Waals surface area contributed by atoms with Crippen LogP contribution < -0.4 is 5.73 Å². The van der Waals surface area contributed by atoms with E-state index in [1.807, 2.05) is 74.2 Å². The van der Waals surface area contributed by atoms with Crippen molar-refractivity contribution in [2.24, 2.45) is 16.6 Å². The van der Waals surface area contributed by atoms with Gasteiger partial charge in [-0.25, -0.2) is 0 Å². The summed E-state index contributed by atoms with van der Waals surface area (Å²) < 4.78 is 3.64. The van der Waals surface area contributed by atoms with Crippen LogP contribution in [0.4, 0.5) is 0 Å². The molecule has 3 aromatic heterocycles. The number of fused-ring (bicyclic) bond motifs is 3. The van der Waals surface area contributed by atoms with E-state index in [-0.39, 0.29) is 41.4 Å². The Morgan fingerprint density at radius 1 is 0.846 bits per heavy atom. The number of phenolic OH excluding ortho intramolecular Hbond substituents is 2. The second-order valence-corrected chi connectivity index (χ2v) is 19.4. The molecule has 1 atom stereocenters. The van der Waals surface area contributed by atoms with Gasteiger partial charge in [0.25, 0.3) is 5.91 Å². The summed E-state index contributed by atoms with van der Waals surface area (Å²) in [6.45, 7) is 17.2. The molecule has 3 aliphatic heterocycles. The molecule has 6 heterocycles. The van der Waals surface area contributed by atoms with Crippen molar-refractivity contribution in [2.45, 2.75) is 72.4 Å². The number of aromatic nitrogens is 6. The van der Waals surface area contributed by atoms with E-state index in [4.69, 9.17) is 22.3 Å². The highest BCUT2D eigenvalue weighted by atomic mass is 35.5. The monoisotopic (exact) mass is 915 g/mol. The average Bonchev–Trinajstić information content (AvgIpc) is 3.96. The van der Waals surface area contributed by atoms with Gasteiger partial charge in [-0.15, -0.1) is 31.7 Å². The predicted octanol–water partition coefficient (Wildman–Crippen LogP) is 7.13. The summed E-state index contributed by atoms with van der Waals surface area (Å²) in [5.41, 5.74) is 12.5. The summed E-state index contributed by atoms with van der Waals surface area (Å²) in [4.78, 5) is 40.1. The SMILES string of the molecule is Cc1sc2c(c1C)C(c1ccc(Cl)cc1)=N[C@@H](CC(=O)N1CCC(CN3CCN(Cc4ccc(-n5c(C(N)=O)nnc5-c5cc(C(C)C)c(O)cc5O)cc4)CC3)CC1)c1nnc(C)n1-2. The number of aromatic hydroxyl groups is 2. The third-order valence-corrected chi connectivity index (χ3v) is 14.6. The molecule has 0 radical (unpaired) electrons. The normalized spacial score (nSPS) is 17.2. The van der Waals surface area contributed by atoms with Crippen molar-refractivity contribution in [1.82, 2.24) is 44.2 Å². The van der Waals surface area contributed by atoms with Crippen molar-refractivity contribution in [2.75, 3.05) is 45.8 Å². The van der Waals surface area contributed by atoms with Crippen molar-refractivity contribution in [3.8, 4) is 33.6 Å². The summed E-state index contributed by atoms with van der Waals surface area (Å²) >= 11 is 8.00. The molecule has 0 spiro atoms. The number of carbonyl (C=O) groups excluding carboxylic acids is 2. The van der Waals surface area contributed by atoms with Crippen LogP contribution in [0, 0.1) is 26.7 Å². The zero-order chi connectivity index (χ0) is 45.7. The summed E-state index contributed by atoms with van der Waals surface area (Å²) in [6.07, 6.45) is 2.14. The first kappa shape index (κ1) is 44.3. The fourth-order valence-electron chi connectivity index (χ4n) is 9.39. The van der Waals surface area contributed by atoms with Crippen LogP contribution >= 0.6 is 22.9 Å². The Labute approximate surface area is 387 Å². The van der Waals surface area contributed by atoms with E-state index >= 15 is 0 Å². The largest absolute Gasteiger partial charge is 0.508 e. The molecule has 9 rings (SSSR count). The molecular weight excluding hydrogens is 862 g/mol. The smallest absolute Gasteiger partial charge is 0.287 e. The first-order chi connectivity index (χ1) is 31.2. The topological polar surface area (TPSA) is 184 Å². The van der Waals surface area contributed by atoms with Gasteiger partial charge in [-0.1, -0.05) is 49.7 Å². The Morgan fingerprint density at radius 3 is 2.22 bits per heavy atom. The number of aryl methyl sites for hydroxylation is 2.